The number of hydrogen-bond donors (Lipinski definition) is 2. The predicted molar refractivity (Wildman–Crippen MR) is 79.9 cm³/mol. The summed E-state index contributed by atoms with van der Waals surface area (Å²) in [6, 6.07) is 0. The van der Waals surface area contributed by atoms with Crippen LogP contribution in [-0.2, 0) is 16.1 Å². The van der Waals surface area contributed by atoms with Crippen molar-refractivity contribution in [2.24, 2.45) is 23.7 Å². The molecule has 4 rings (SSSR count). The number of rotatable bonds is 6. The first-order valence-electron chi connectivity index (χ1n) is 8.13. The molecule has 22 heavy (non-hydrogen) atoms. The fourth-order valence-corrected chi connectivity index (χ4v) is 4.19. The molecule has 2 N–H and O–H groups in total. The summed E-state index contributed by atoms with van der Waals surface area (Å²) in [5, 5.41) is 12.4. The van der Waals surface area contributed by atoms with Gasteiger partial charge < -0.3 is 15.0 Å². The van der Waals surface area contributed by atoms with Gasteiger partial charge in [-0.25, -0.2) is 4.98 Å². The molecule has 120 valence electrons. The van der Waals surface area contributed by atoms with Crippen molar-refractivity contribution >= 4 is 11.9 Å². The highest BCUT2D eigenvalue weighted by atomic mass is 16.4. The van der Waals surface area contributed by atoms with E-state index in [2.05, 4.69) is 10.3 Å². The molecular formula is C16H23N3O3. The lowest BCUT2D eigenvalue weighted by Crippen LogP contribution is -2.51. The van der Waals surface area contributed by atoms with Gasteiger partial charge in [-0.15, -0.1) is 0 Å². The van der Waals surface area contributed by atoms with Gasteiger partial charge in [-0.3, -0.25) is 9.59 Å². The lowest BCUT2D eigenvalue weighted by Gasteiger charge is -2.45. The first-order chi connectivity index (χ1) is 10.7. The number of carboxylic acids is 1. The van der Waals surface area contributed by atoms with Gasteiger partial charge in [0.2, 0.25) is 5.91 Å². The number of aromatic nitrogens is 2. The number of aryl methyl sites for hydroxylation is 1. The zero-order valence-corrected chi connectivity index (χ0v) is 12.6. The molecule has 3 aliphatic carbocycles. The summed E-state index contributed by atoms with van der Waals surface area (Å²) in [7, 11) is 0. The Kier molecular flexibility index (Phi) is 4.45. The molecule has 0 saturated heterocycles. The maximum Gasteiger partial charge on any atom is 0.307 e. The minimum absolute atomic E-state index is 0.0626. The van der Waals surface area contributed by atoms with Gasteiger partial charge in [0.05, 0.1) is 18.2 Å². The number of imidazole rings is 1. The second kappa shape index (κ2) is 6.50. The van der Waals surface area contributed by atoms with Crippen molar-refractivity contribution in [1.29, 1.82) is 0 Å². The number of fused-ring (bicyclic) bond motifs is 3. The van der Waals surface area contributed by atoms with E-state index in [0.717, 1.165) is 38.6 Å². The molecule has 2 atom stereocenters. The number of carboxylic acid groups (broad SMARTS) is 1. The summed E-state index contributed by atoms with van der Waals surface area (Å²) in [5.74, 6) is -1.25. The zero-order chi connectivity index (χ0) is 15.5. The Morgan fingerprint density at radius 2 is 1.86 bits per heavy atom. The average Bonchev–Trinajstić information content (AvgIpc) is 3.04. The molecule has 1 amide bonds. The van der Waals surface area contributed by atoms with Crippen LogP contribution in [0.5, 0.6) is 0 Å². The summed E-state index contributed by atoms with van der Waals surface area (Å²) < 4.78 is 1.97. The largest absolute Gasteiger partial charge is 0.481 e. The molecule has 3 fully saturated rings. The normalized spacial score (nSPS) is 30.2. The Hall–Kier alpha value is -1.85. The summed E-state index contributed by atoms with van der Waals surface area (Å²) in [6.07, 6.45) is 10.1. The highest BCUT2D eigenvalue weighted by molar-refractivity contribution is 5.85. The Labute approximate surface area is 129 Å². The maximum absolute atomic E-state index is 12.5. The minimum atomic E-state index is -0.798. The zero-order valence-electron chi connectivity index (χ0n) is 12.6. The molecular weight excluding hydrogens is 282 g/mol. The molecule has 2 bridgehead atoms. The Morgan fingerprint density at radius 3 is 2.45 bits per heavy atom. The lowest BCUT2D eigenvalue weighted by molar-refractivity contribution is -0.158. The van der Waals surface area contributed by atoms with Gasteiger partial charge in [0.1, 0.15) is 0 Å². The SMILES string of the molecule is O=C(O)[C@@H]1C2CCC(CC2)[C@@H]1C(=O)NCCCn1ccnc1. The fourth-order valence-electron chi connectivity index (χ4n) is 4.19. The predicted octanol–water partition coefficient (Wildman–Crippen LogP) is 1.53. The number of carbonyl (C=O) groups is 2. The van der Waals surface area contributed by atoms with Gasteiger partial charge >= 0.3 is 5.97 Å². The summed E-state index contributed by atoms with van der Waals surface area (Å²) >= 11 is 0. The number of hydrogen-bond acceptors (Lipinski definition) is 3. The van der Waals surface area contributed by atoms with Crippen LogP contribution in [0.2, 0.25) is 0 Å². The van der Waals surface area contributed by atoms with Gasteiger partial charge in [0, 0.05) is 25.5 Å². The van der Waals surface area contributed by atoms with Crippen LogP contribution >= 0.6 is 0 Å². The molecule has 0 unspecified atom stereocenters. The van der Waals surface area contributed by atoms with E-state index in [1.165, 1.54) is 0 Å². The number of nitrogens with zero attached hydrogens (tertiary/aromatic N) is 2. The van der Waals surface area contributed by atoms with Crippen molar-refractivity contribution in [2.75, 3.05) is 6.54 Å². The van der Waals surface area contributed by atoms with Crippen LogP contribution in [-0.4, -0.2) is 33.1 Å². The van der Waals surface area contributed by atoms with E-state index in [1.807, 2.05) is 10.8 Å². The molecule has 6 nitrogen and oxygen atoms in total. The molecule has 1 aromatic heterocycles. The molecule has 3 aliphatic rings. The average molecular weight is 305 g/mol. The van der Waals surface area contributed by atoms with Crippen LogP contribution in [0.4, 0.5) is 0 Å². The Balaban J connectivity index is 1.53. The highest BCUT2D eigenvalue weighted by Crippen LogP contribution is 2.49. The van der Waals surface area contributed by atoms with Gasteiger partial charge in [0.15, 0.2) is 0 Å². The van der Waals surface area contributed by atoms with Crippen molar-refractivity contribution in [2.45, 2.75) is 38.6 Å². The third-order valence-corrected chi connectivity index (χ3v) is 5.26. The van der Waals surface area contributed by atoms with Crippen molar-refractivity contribution in [3.8, 4) is 0 Å². The quantitative estimate of drug-likeness (QED) is 0.781. The van der Waals surface area contributed by atoms with E-state index < -0.39 is 11.9 Å². The highest BCUT2D eigenvalue weighted by Gasteiger charge is 2.50. The maximum atomic E-state index is 12.5. The van der Waals surface area contributed by atoms with E-state index in [-0.39, 0.29) is 23.7 Å². The molecule has 3 saturated carbocycles. The number of amides is 1. The Morgan fingerprint density at radius 1 is 1.18 bits per heavy atom. The summed E-state index contributed by atoms with van der Waals surface area (Å²) in [5.41, 5.74) is 0. The standard InChI is InChI=1S/C16H23N3O3/c20-15(18-6-1-8-19-9-7-17-10-19)13-11-2-4-12(5-3-11)14(13)16(21)22/h7,9-14H,1-6,8H2,(H,18,20)(H,21,22)/t11?,12?,13-,14+/m0/s1. The van der Waals surface area contributed by atoms with Crippen molar-refractivity contribution < 1.29 is 14.7 Å². The number of aliphatic carboxylic acids is 1. The smallest absolute Gasteiger partial charge is 0.307 e. The third-order valence-electron chi connectivity index (χ3n) is 5.26. The second-order valence-corrected chi connectivity index (χ2v) is 6.51. The fraction of sp³-hybridized carbons (Fsp3) is 0.688. The van der Waals surface area contributed by atoms with E-state index in [1.54, 1.807) is 12.5 Å². The monoisotopic (exact) mass is 305 g/mol. The van der Waals surface area contributed by atoms with Gasteiger partial charge in [-0.2, -0.15) is 0 Å². The van der Waals surface area contributed by atoms with Crippen molar-refractivity contribution in [3.05, 3.63) is 18.7 Å². The van der Waals surface area contributed by atoms with Gasteiger partial charge in [-0.1, -0.05) is 0 Å². The summed E-state index contributed by atoms with van der Waals surface area (Å²) in [4.78, 5) is 28.0. The first kappa shape index (κ1) is 15.1. The van der Waals surface area contributed by atoms with Crippen LogP contribution in [0.1, 0.15) is 32.1 Å². The third kappa shape index (κ3) is 3.00. The van der Waals surface area contributed by atoms with E-state index in [0.29, 0.717) is 6.54 Å². The van der Waals surface area contributed by atoms with E-state index >= 15 is 0 Å². The van der Waals surface area contributed by atoms with Crippen LogP contribution in [0.25, 0.3) is 0 Å². The van der Waals surface area contributed by atoms with Crippen LogP contribution in [0, 0.1) is 23.7 Å². The Bertz CT molecular complexity index is 521. The molecule has 0 radical (unpaired) electrons. The van der Waals surface area contributed by atoms with E-state index in [4.69, 9.17) is 0 Å². The molecule has 0 aromatic carbocycles. The minimum Gasteiger partial charge on any atom is -0.481 e. The molecule has 0 spiro atoms. The van der Waals surface area contributed by atoms with Crippen LogP contribution in [0.3, 0.4) is 0 Å². The van der Waals surface area contributed by atoms with E-state index in [9.17, 15) is 14.7 Å². The number of carbonyl (C=O) groups excluding carboxylic acids is 1. The molecule has 6 heteroatoms. The second-order valence-electron chi connectivity index (χ2n) is 6.51. The molecule has 1 aromatic rings. The van der Waals surface area contributed by atoms with Crippen molar-refractivity contribution in [3.63, 3.8) is 0 Å². The number of nitrogens with one attached hydrogen (secondary N) is 1. The van der Waals surface area contributed by atoms with Gasteiger partial charge in [-0.05, 0) is 43.9 Å². The summed E-state index contributed by atoms with van der Waals surface area (Å²) in [6.45, 7) is 1.39. The van der Waals surface area contributed by atoms with Crippen LogP contribution < -0.4 is 5.32 Å². The first-order valence-corrected chi connectivity index (χ1v) is 8.13. The van der Waals surface area contributed by atoms with Crippen LogP contribution in [0.15, 0.2) is 18.7 Å². The molecule has 1 heterocycles. The van der Waals surface area contributed by atoms with Gasteiger partial charge in [0.25, 0.3) is 0 Å². The van der Waals surface area contributed by atoms with Crippen molar-refractivity contribution in [1.82, 2.24) is 14.9 Å². The lowest BCUT2D eigenvalue weighted by atomic mass is 9.58. The molecule has 0 aliphatic heterocycles. The topological polar surface area (TPSA) is 84.2 Å².